The Morgan fingerprint density at radius 3 is 2.67 bits per heavy atom. The quantitative estimate of drug-likeness (QED) is 0.819. The van der Waals surface area contributed by atoms with E-state index in [-0.39, 0.29) is 10.9 Å². The highest BCUT2D eigenvalue weighted by molar-refractivity contribution is 6.28. The zero-order valence-electron chi connectivity index (χ0n) is 12.7. The molecule has 118 valence electrons. The first-order valence-electron chi connectivity index (χ1n) is 7.15. The van der Waals surface area contributed by atoms with Crippen molar-refractivity contribution in [2.45, 2.75) is 25.9 Å². The van der Waals surface area contributed by atoms with Gasteiger partial charge in [0.2, 0.25) is 17.2 Å². The number of aromatic nitrogens is 3. The molecule has 1 aliphatic rings. The lowest BCUT2D eigenvalue weighted by Crippen LogP contribution is -2.40. The molecule has 0 amide bonds. The van der Waals surface area contributed by atoms with Crippen molar-refractivity contribution in [1.82, 2.24) is 15.0 Å². The van der Waals surface area contributed by atoms with Gasteiger partial charge in [0.15, 0.2) is 0 Å². The van der Waals surface area contributed by atoms with Crippen molar-refractivity contribution in [3.8, 4) is 0 Å². The largest absolute Gasteiger partial charge is 0.378 e. The predicted octanol–water partition coefficient (Wildman–Crippen LogP) is 1.59. The van der Waals surface area contributed by atoms with Crippen molar-refractivity contribution in [1.29, 1.82) is 0 Å². The Morgan fingerprint density at radius 2 is 2.10 bits per heavy atom. The molecule has 7 nitrogen and oxygen atoms in total. The summed E-state index contributed by atoms with van der Waals surface area (Å²) in [4.78, 5) is 14.7. The van der Waals surface area contributed by atoms with E-state index in [9.17, 15) is 0 Å². The second-order valence-corrected chi connectivity index (χ2v) is 5.28. The third-order valence-electron chi connectivity index (χ3n) is 3.71. The van der Waals surface area contributed by atoms with Crippen molar-refractivity contribution in [3.05, 3.63) is 5.28 Å². The Balaban J connectivity index is 2.09. The highest BCUT2D eigenvalue weighted by Gasteiger charge is 2.35. The summed E-state index contributed by atoms with van der Waals surface area (Å²) in [6.45, 7) is 7.56. The minimum atomic E-state index is -0.325. The summed E-state index contributed by atoms with van der Waals surface area (Å²) in [7, 11) is 1.69. The van der Waals surface area contributed by atoms with Gasteiger partial charge in [-0.2, -0.15) is 15.0 Å². The van der Waals surface area contributed by atoms with Crippen LogP contribution in [0.15, 0.2) is 0 Å². The molecule has 1 unspecified atom stereocenters. The fourth-order valence-corrected chi connectivity index (χ4v) is 2.42. The third-order valence-corrected chi connectivity index (χ3v) is 3.88. The van der Waals surface area contributed by atoms with E-state index < -0.39 is 0 Å². The third kappa shape index (κ3) is 3.93. The molecule has 0 spiro atoms. The van der Waals surface area contributed by atoms with Crippen molar-refractivity contribution in [2.75, 3.05) is 50.2 Å². The fourth-order valence-electron chi connectivity index (χ4n) is 2.27. The van der Waals surface area contributed by atoms with Crippen LogP contribution in [-0.2, 0) is 9.47 Å². The lowest BCUT2D eigenvalue weighted by molar-refractivity contribution is -0.00631. The molecule has 0 saturated carbocycles. The summed E-state index contributed by atoms with van der Waals surface area (Å²) in [5.41, 5.74) is -0.325. The molecular weight excluding hydrogens is 294 g/mol. The van der Waals surface area contributed by atoms with E-state index in [2.05, 4.69) is 20.3 Å². The van der Waals surface area contributed by atoms with Crippen LogP contribution < -0.4 is 10.2 Å². The topological polar surface area (TPSA) is 72.4 Å². The predicted molar refractivity (Wildman–Crippen MR) is 82.1 cm³/mol. The Kier molecular flexibility index (Phi) is 5.55. The number of nitrogens with zero attached hydrogens (tertiary/aromatic N) is 4. The van der Waals surface area contributed by atoms with Gasteiger partial charge >= 0.3 is 0 Å². The Labute approximate surface area is 130 Å². The number of hydrogen-bond acceptors (Lipinski definition) is 7. The molecule has 8 heteroatoms. The number of hydrogen-bond donors (Lipinski definition) is 1. The molecule has 0 aromatic carbocycles. The van der Waals surface area contributed by atoms with Gasteiger partial charge in [0.05, 0.1) is 6.61 Å². The minimum absolute atomic E-state index is 0.184. The smallest absolute Gasteiger partial charge is 0.231 e. The van der Waals surface area contributed by atoms with Crippen molar-refractivity contribution < 1.29 is 9.47 Å². The summed E-state index contributed by atoms with van der Waals surface area (Å²) in [6.07, 6.45) is 0.845. The second kappa shape index (κ2) is 7.20. The van der Waals surface area contributed by atoms with Crippen LogP contribution in [0.4, 0.5) is 11.9 Å². The molecule has 2 rings (SSSR count). The Hall–Kier alpha value is -1.18. The molecular formula is C13H22ClN5O2. The van der Waals surface area contributed by atoms with Crippen LogP contribution in [0.2, 0.25) is 5.28 Å². The monoisotopic (exact) mass is 315 g/mol. The lowest BCUT2D eigenvalue weighted by Gasteiger charge is -2.26. The van der Waals surface area contributed by atoms with E-state index in [1.54, 1.807) is 7.11 Å². The van der Waals surface area contributed by atoms with E-state index in [0.29, 0.717) is 31.7 Å². The maximum absolute atomic E-state index is 5.99. The van der Waals surface area contributed by atoms with Gasteiger partial charge < -0.3 is 19.7 Å². The van der Waals surface area contributed by atoms with Gasteiger partial charge in [-0.3, -0.25) is 0 Å². The highest BCUT2D eigenvalue weighted by atomic mass is 35.5. The van der Waals surface area contributed by atoms with Crippen molar-refractivity contribution >= 4 is 23.5 Å². The summed E-state index contributed by atoms with van der Waals surface area (Å²) < 4.78 is 11.0. The van der Waals surface area contributed by atoms with E-state index >= 15 is 0 Å². The second-order valence-electron chi connectivity index (χ2n) is 4.94. The fraction of sp³-hybridized carbons (Fsp3) is 0.769. The molecule has 1 atom stereocenters. The maximum atomic E-state index is 5.99. The van der Waals surface area contributed by atoms with Crippen LogP contribution in [-0.4, -0.2) is 60.5 Å². The number of methoxy groups -OCH3 is 1. The standard InChI is InChI=1S/C13H22ClN5O2/c1-4-19(5-2)12-17-10(14)16-11(18-12)15-8-13(20-3)6-7-21-9-13/h4-9H2,1-3H3,(H,15,16,17,18). The van der Waals surface area contributed by atoms with Crippen LogP contribution in [0.25, 0.3) is 0 Å². The van der Waals surface area contributed by atoms with Crippen LogP contribution in [0.1, 0.15) is 20.3 Å². The molecule has 1 aromatic rings. The van der Waals surface area contributed by atoms with E-state index in [4.69, 9.17) is 21.1 Å². The van der Waals surface area contributed by atoms with E-state index in [0.717, 1.165) is 19.5 Å². The zero-order chi connectivity index (χ0) is 15.3. The first-order chi connectivity index (χ1) is 10.1. The van der Waals surface area contributed by atoms with Gasteiger partial charge in [-0.15, -0.1) is 0 Å². The number of halogens is 1. The first kappa shape index (κ1) is 16.2. The number of ether oxygens (including phenoxy) is 2. The molecule has 0 bridgehead atoms. The van der Waals surface area contributed by atoms with Gasteiger partial charge in [0.1, 0.15) is 5.60 Å². The van der Waals surface area contributed by atoms with E-state index in [1.807, 2.05) is 18.7 Å². The molecule has 1 fully saturated rings. The zero-order valence-corrected chi connectivity index (χ0v) is 13.5. The Bertz CT molecular complexity index is 464. The average molecular weight is 316 g/mol. The molecule has 21 heavy (non-hydrogen) atoms. The molecule has 0 aliphatic carbocycles. The number of anilines is 2. The summed E-state index contributed by atoms with van der Waals surface area (Å²) >= 11 is 5.99. The molecule has 1 aliphatic heterocycles. The van der Waals surface area contributed by atoms with E-state index in [1.165, 1.54) is 0 Å². The van der Waals surface area contributed by atoms with Gasteiger partial charge in [-0.25, -0.2) is 0 Å². The minimum Gasteiger partial charge on any atom is -0.378 e. The summed E-state index contributed by atoms with van der Waals surface area (Å²) in [5, 5.41) is 3.37. The first-order valence-corrected chi connectivity index (χ1v) is 7.53. The Morgan fingerprint density at radius 1 is 1.33 bits per heavy atom. The molecule has 1 saturated heterocycles. The summed E-state index contributed by atoms with van der Waals surface area (Å²) in [5.74, 6) is 1.04. The lowest BCUT2D eigenvalue weighted by atomic mass is 10.0. The van der Waals surface area contributed by atoms with Gasteiger partial charge in [0.25, 0.3) is 0 Å². The normalized spacial score (nSPS) is 21.5. The molecule has 1 N–H and O–H groups in total. The van der Waals surface area contributed by atoms with Gasteiger partial charge in [0, 0.05) is 39.8 Å². The van der Waals surface area contributed by atoms with Crippen LogP contribution >= 0.6 is 11.6 Å². The molecule has 0 radical (unpaired) electrons. The van der Waals surface area contributed by atoms with Gasteiger partial charge in [-0.05, 0) is 25.4 Å². The number of rotatable bonds is 7. The maximum Gasteiger partial charge on any atom is 0.231 e. The summed E-state index contributed by atoms with van der Waals surface area (Å²) in [6, 6.07) is 0. The average Bonchev–Trinajstić information content (AvgIpc) is 2.95. The number of nitrogens with one attached hydrogen (secondary N) is 1. The van der Waals surface area contributed by atoms with Crippen molar-refractivity contribution in [2.24, 2.45) is 0 Å². The highest BCUT2D eigenvalue weighted by Crippen LogP contribution is 2.23. The van der Waals surface area contributed by atoms with Crippen molar-refractivity contribution in [3.63, 3.8) is 0 Å². The molecule has 1 aromatic heterocycles. The van der Waals surface area contributed by atoms with Crippen LogP contribution in [0.5, 0.6) is 0 Å². The molecule has 2 heterocycles. The SMILES string of the molecule is CCN(CC)c1nc(Cl)nc(NCC2(OC)CCOC2)n1. The van der Waals surface area contributed by atoms with Crippen LogP contribution in [0, 0.1) is 0 Å². The van der Waals surface area contributed by atoms with Crippen LogP contribution in [0.3, 0.4) is 0 Å². The van der Waals surface area contributed by atoms with Gasteiger partial charge in [-0.1, -0.05) is 0 Å².